The van der Waals surface area contributed by atoms with Gasteiger partial charge >= 0.3 is 0 Å². The maximum absolute atomic E-state index is 12.4. The molecule has 1 heterocycles. The number of carbonyl (C=O) groups excluding carboxylic acids is 1. The second-order valence-corrected chi connectivity index (χ2v) is 7.16. The number of aromatic nitrogens is 2. The second-order valence-electron chi connectivity index (χ2n) is 6.21. The number of thioether (sulfide) groups is 1. The number of carbonyl (C=O) groups is 1. The van der Waals surface area contributed by atoms with E-state index in [2.05, 4.69) is 4.98 Å². The number of hydrogen-bond acceptors (Lipinski definition) is 8. The highest BCUT2D eigenvalue weighted by Crippen LogP contribution is 2.34. The molecule has 0 fully saturated rings. The van der Waals surface area contributed by atoms with Crippen LogP contribution in [0.5, 0.6) is 5.75 Å². The molecule has 0 aliphatic heterocycles. The number of nitriles is 1. The zero-order chi connectivity index (χ0) is 21.8. The Morgan fingerprint density at radius 2 is 2.10 bits per heavy atom. The number of Topliss-reactive ketones (excluding diaryl/α,β-unsaturated/α-hetero) is 1. The SMILES string of the molecule is COc1ccccc1-n1c(SCC(=O)/C(C#N)=C(/C)N)nc2cc([N+](=O)[O-])ccc21. The summed E-state index contributed by atoms with van der Waals surface area (Å²) in [5, 5.41) is 20.7. The molecule has 0 spiro atoms. The minimum atomic E-state index is -0.494. The quantitative estimate of drug-likeness (QED) is 0.201. The van der Waals surface area contributed by atoms with E-state index in [1.54, 1.807) is 16.7 Å². The fraction of sp³-hybridized carbons (Fsp3) is 0.150. The number of nitrogens with zero attached hydrogens (tertiary/aromatic N) is 4. The fourth-order valence-electron chi connectivity index (χ4n) is 2.88. The number of rotatable bonds is 7. The van der Waals surface area contributed by atoms with Crippen molar-refractivity contribution in [3.8, 4) is 17.5 Å². The van der Waals surface area contributed by atoms with Crippen LogP contribution in [0.25, 0.3) is 16.7 Å². The number of fused-ring (bicyclic) bond motifs is 1. The van der Waals surface area contributed by atoms with Crippen molar-refractivity contribution in [3.05, 3.63) is 63.8 Å². The Kier molecular flexibility index (Phi) is 6.03. The van der Waals surface area contributed by atoms with Crippen LogP contribution in [0.15, 0.2) is 58.9 Å². The van der Waals surface area contributed by atoms with E-state index in [1.165, 1.54) is 26.2 Å². The molecule has 0 atom stereocenters. The highest BCUT2D eigenvalue weighted by molar-refractivity contribution is 7.99. The highest BCUT2D eigenvalue weighted by atomic mass is 32.2. The Labute approximate surface area is 175 Å². The zero-order valence-electron chi connectivity index (χ0n) is 16.2. The number of nitrogens with two attached hydrogens (primary N) is 1. The first-order valence-corrected chi connectivity index (χ1v) is 9.68. The minimum absolute atomic E-state index is 0.0714. The zero-order valence-corrected chi connectivity index (χ0v) is 17.0. The third-order valence-electron chi connectivity index (χ3n) is 4.26. The van der Waals surface area contributed by atoms with E-state index in [0.717, 1.165) is 11.8 Å². The number of allylic oxidation sites excluding steroid dienone is 2. The van der Waals surface area contributed by atoms with Crippen molar-refractivity contribution in [3.63, 3.8) is 0 Å². The molecule has 0 bridgehead atoms. The molecule has 0 saturated carbocycles. The summed E-state index contributed by atoms with van der Waals surface area (Å²) in [6.45, 7) is 1.49. The van der Waals surface area contributed by atoms with Crippen LogP contribution < -0.4 is 10.5 Å². The molecule has 2 aromatic carbocycles. The maximum atomic E-state index is 12.4. The van der Waals surface area contributed by atoms with Crippen LogP contribution in [-0.2, 0) is 4.79 Å². The summed E-state index contributed by atoms with van der Waals surface area (Å²) in [7, 11) is 1.53. The van der Waals surface area contributed by atoms with Gasteiger partial charge in [0.1, 0.15) is 17.4 Å². The molecular weight excluding hydrogens is 406 g/mol. The summed E-state index contributed by atoms with van der Waals surface area (Å²) in [6.07, 6.45) is 0. The average Bonchev–Trinajstić information content (AvgIpc) is 3.09. The lowest BCUT2D eigenvalue weighted by atomic mass is 10.2. The minimum Gasteiger partial charge on any atom is -0.495 e. The Morgan fingerprint density at radius 3 is 2.73 bits per heavy atom. The van der Waals surface area contributed by atoms with Crippen LogP contribution >= 0.6 is 11.8 Å². The third kappa shape index (κ3) is 3.97. The molecule has 10 heteroatoms. The van der Waals surface area contributed by atoms with E-state index in [9.17, 15) is 14.9 Å². The predicted octanol–water partition coefficient (Wildman–Crippen LogP) is 3.36. The number of imidazole rings is 1. The number of benzene rings is 2. The number of nitro benzene ring substituents is 1. The molecule has 3 rings (SSSR count). The van der Waals surface area contributed by atoms with Gasteiger partial charge in [0.25, 0.3) is 5.69 Å². The number of ether oxygens (including phenoxy) is 1. The molecule has 0 radical (unpaired) electrons. The Hall–Kier alpha value is -3.84. The molecular formula is C20H17N5O4S. The van der Waals surface area contributed by atoms with Crippen LogP contribution in [0, 0.1) is 21.4 Å². The summed E-state index contributed by atoms with van der Waals surface area (Å²) in [4.78, 5) is 27.5. The van der Waals surface area contributed by atoms with Crippen LogP contribution in [0.3, 0.4) is 0 Å². The summed E-state index contributed by atoms with van der Waals surface area (Å²) >= 11 is 1.11. The van der Waals surface area contributed by atoms with Crippen molar-refractivity contribution in [2.75, 3.05) is 12.9 Å². The van der Waals surface area contributed by atoms with Gasteiger partial charge < -0.3 is 10.5 Å². The van der Waals surface area contributed by atoms with Gasteiger partial charge in [-0.15, -0.1) is 0 Å². The number of ketones is 1. The Balaban J connectivity index is 2.13. The molecule has 152 valence electrons. The molecule has 30 heavy (non-hydrogen) atoms. The van der Waals surface area contributed by atoms with Crippen molar-refractivity contribution in [2.45, 2.75) is 12.1 Å². The maximum Gasteiger partial charge on any atom is 0.271 e. The second kappa shape index (κ2) is 8.67. The van der Waals surface area contributed by atoms with Crippen LogP contribution in [-0.4, -0.2) is 33.1 Å². The molecule has 2 N–H and O–H groups in total. The third-order valence-corrected chi connectivity index (χ3v) is 5.20. The van der Waals surface area contributed by atoms with E-state index in [4.69, 9.17) is 15.7 Å². The average molecular weight is 423 g/mol. The van der Waals surface area contributed by atoms with Crippen molar-refractivity contribution in [1.29, 1.82) is 5.26 Å². The number of para-hydroxylation sites is 2. The van der Waals surface area contributed by atoms with Gasteiger partial charge in [-0.2, -0.15) is 5.26 Å². The molecule has 0 unspecified atom stereocenters. The van der Waals surface area contributed by atoms with Crippen LogP contribution in [0.2, 0.25) is 0 Å². The number of methoxy groups -OCH3 is 1. The van der Waals surface area contributed by atoms with Crippen molar-refractivity contribution < 1.29 is 14.5 Å². The molecule has 9 nitrogen and oxygen atoms in total. The summed E-state index contributed by atoms with van der Waals surface area (Å²) in [5.41, 5.74) is 7.25. The fourth-order valence-corrected chi connectivity index (χ4v) is 3.77. The van der Waals surface area contributed by atoms with Gasteiger partial charge in [-0.25, -0.2) is 4.98 Å². The van der Waals surface area contributed by atoms with E-state index in [1.807, 2.05) is 24.3 Å². The lowest BCUT2D eigenvalue weighted by Gasteiger charge is -2.12. The van der Waals surface area contributed by atoms with Crippen LogP contribution in [0.4, 0.5) is 5.69 Å². The topological polar surface area (TPSA) is 137 Å². The predicted molar refractivity (Wildman–Crippen MR) is 113 cm³/mol. The normalized spacial score (nSPS) is 11.6. The largest absolute Gasteiger partial charge is 0.495 e. The van der Waals surface area contributed by atoms with Crippen molar-refractivity contribution >= 4 is 34.3 Å². The smallest absolute Gasteiger partial charge is 0.271 e. The van der Waals surface area contributed by atoms with Gasteiger partial charge in [-0.1, -0.05) is 23.9 Å². The lowest BCUT2D eigenvalue weighted by molar-refractivity contribution is -0.384. The first-order valence-electron chi connectivity index (χ1n) is 8.70. The van der Waals surface area contributed by atoms with Gasteiger partial charge in [-0.05, 0) is 25.1 Å². The Morgan fingerprint density at radius 1 is 1.37 bits per heavy atom. The van der Waals surface area contributed by atoms with E-state index in [-0.39, 0.29) is 22.7 Å². The number of nitro groups is 1. The first-order chi connectivity index (χ1) is 14.4. The van der Waals surface area contributed by atoms with E-state index in [0.29, 0.717) is 27.6 Å². The molecule has 0 saturated heterocycles. The van der Waals surface area contributed by atoms with Crippen LogP contribution in [0.1, 0.15) is 6.92 Å². The van der Waals surface area contributed by atoms with Gasteiger partial charge in [0.15, 0.2) is 10.9 Å². The standard InChI is InChI=1S/C20H17N5O4S/c1-12(22)14(10-21)18(26)11-30-20-23-15-9-13(25(27)28)7-8-16(15)24(20)17-5-3-4-6-19(17)29-2/h3-9H,11,22H2,1-2H3/b14-12-. The van der Waals surface area contributed by atoms with Gasteiger partial charge in [0, 0.05) is 17.8 Å². The first kappa shape index (κ1) is 20.9. The van der Waals surface area contributed by atoms with E-state index < -0.39 is 10.7 Å². The van der Waals surface area contributed by atoms with Crippen molar-refractivity contribution in [1.82, 2.24) is 9.55 Å². The molecule has 0 aliphatic rings. The molecule has 0 aliphatic carbocycles. The lowest BCUT2D eigenvalue weighted by Crippen LogP contribution is -2.11. The molecule has 0 amide bonds. The monoisotopic (exact) mass is 423 g/mol. The van der Waals surface area contributed by atoms with Gasteiger partial charge in [0.2, 0.25) is 0 Å². The van der Waals surface area contributed by atoms with Gasteiger partial charge in [-0.3, -0.25) is 19.5 Å². The molecule has 3 aromatic rings. The summed E-state index contributed by atoms with van der Waals surface area (Å²) < 4.78 is 7.21. The highest BCUT2D eigenvalue weighted by Gasteiger charge is 2.20. The van der Waals surface area contributed by atoms with Gasteiger partial charge in [0.05, 0.1) is 34.5 Å². The van der Waals surface area contributed by atoms with E-state index >= 15 is 0 Å². The Bertz CT molecular complexity index is 1220. The van der Waals surface area contributed by atoms with Crippen molar-refractivity contribution in [2.24, 2.45) is 5.73 Å². The number of hydrogen-bond donors (Lipinski definition) is 1. The summed E-state index contributed by atoms with van der Waals surface area (Å²) in [5.74, 6) is 0.0729. The molecule has 1 aromatic heterocycles. The number of non-ortho nitro benzene ring substituents is 1. The summed E-state index contributed by atoms with van der Waals surface area (Å²) in [6, 6.07) is 13.4.